The summed E-state index contributed by atoms with van der Waals surface area (Å²) in [6, 6.07) is 6.25. The number of nitrogens with zero attached hydrogens (tertiary/aromatic N) is 3. The fraction of sp³-hybridized carbons (Fsp3) is 0.375. The number of morpholine rings is 1. The van der Waals surface area contributed by atoms with Crippen molar-refractivity contribution in [1.29, 1.82) is 0 Å². The molecule has 6 nitrogen and oxygen atoms in total. The zero-order chi connectivity index (χ0) is 17.1. The number of imidazole rings is 1. The monoisotopic (exact) mass is 337 g/mol. The van der Waals surface area contributed by atoms with Crippen molar-refractivity contribution in [3.63, 3.8) is 0 Å². The molecule has 1 aliphatic rings. The predicted molar refractivity (Wildman–Crippen MR) is 80.9 cm³/mol. The van der Waals surface area contributed by atoms with Gasteiger partial charge >= 0.3 is 6.61 Å². The number of alkyl halides is 2. The Labute approximate surface area is 137 Å². The molecule has 0 bridgehead atoms. The molecule has 1 fully saturated rings. The van der Waals surface area contributed by atoms with Crippen LogP contribution in [0.3, 0.4) is 0 Å². The fourth-order valence-corrected chi connectivity index (χ4v) is 2.58. The van der Waals surface area contributed by atoms with E-state index in [2.05, 4.69) is 9.72 Å². The molecular formula is C16H17F2N3O3. The Morgan fingerprint density at radius 2 is 2.12 bits per heavy atom. The van der Waals surface area contributed by atoms with Crippen LogP contribution >= 0.6 is 0 Å². The van der Waals surface area contributed by atoms with Crippen LogP contribution in [0.4, 0.5) is 8.78 Å². The van der Waals surface area contributed by atoms with Gasteiger partial charge in [0.25, 0.3) is 5.91 Å². The van der Waals surface area contributed by atoms with Crippen molar-refractivity contribution in [2.24, 2.45) is 7.05 Å². The number of rotatable bonds is 4. The Hall–Kier alpha value is -2.48. The molecule has 1 aromatic heterocycles. The first kappa shape index (κ1) is 16.4. The third-order valence-electron chi connectivity index (χ3n) is 3.75. The topological polar surface area (TPSA) is 56.6 Å². The van der Waals surface area contributed by atoms with Crippen molar-refractivity contribution in [3.8, 4) is 5.75 Å². The SMILES string of the molecule is Cn1cnc(C(=O)N2CCOC(c3ccc(OC(F)F)cc3)C2)c1. The first-order valence-electron chi connectivity index (χ1n) is 7.46. The van der Waals surface area contributed by atoms with E-state index in [9.17, 15) is 13.6 Å². The van der Waals surface area contributed by atoms with Crippen LogP contribution in [-0.2, 0) is 11.8 Å². The average Bonchev–Trinajstić information content (AvgIpc) is 3.01. The molecule has 1 atom stereocenters. The number of halogens is 2. The summed E-state index contributed by atoms with van der Waals surface area (Å²) in [4.78, 5) is 18.2. The largest absolute Gasteiger partial charge is 0.435 e. The van der Waals surface area contributed by atoms with Gasteiger partial charge < -0.3 is 18.9 Å². The molecule has 128 valence electrons. The number of aryl methyl sites for hydroxylation is 1. The highest BCUT2D eigenvalue weighted by Gasteiger charge is 2.27. The first-order valence-corrected chi connectivity index (χ1v) is 7.46. The molecule has 1 unspecified atom stereocenters. The first-order chi connectivity index (χ1) is 11.5. The highest BCUT2D eigenvalue weighted by molar-refractivity contribution is 5.92. The lowest BCUT2D eigenvalue weighted by molar-refractivity contribution is -0.0499. The minimum absolute atomic E-state index is 0.0889. The lowest BCUT2D eigenvalue weighted by atomic mass is 10.1. The Kier molecular flexibility index (Phi) is 4.75. The van der Waals surface area contributed by atoms with Crippen molar-refractivity contribution in [3.05, 3.63) is 48.0 Å². The van der Waals surface area contributed by atoms with Crippen molar-refractivity contribution in [1.82, 2.24) is 14.5 Å². The molecule has 2 aromatic rings. The second kappa shape index (κ2) is 6.96. The zero-order valence-electron chi connectivity index (χ0n) is 13.1. The van der Waals surface area contributed by atoms with Gasteiger partial charge in [-0.1, -0.05) is 12.1 Å². The number of hydrogen-bond donors (Lipinski definition) is 0. The van der Waals surface area contributed by atoms with Gasteiger partial charge in [-0.15, -0.1) is 0 Å². The van der Waals surface area contributed by atoms with Crippen LogP contribution in [0, 0.1) is 0 Å². The number of hydrogen-bond acceptors (Lipinski definition) is 4. The molecule has 2 heterocycles. The summed E-state index contributed by atoms with van der Waals surface area (Å²) >= 11 is 0. The van der Waals surface area contributed by atoms with Gasteiger partial charge in [0.1, 0.15) is 17.5 Å². The highest BCUT2D eigenvalue weighted by atomic mass is 19.3. The minimum atomic E-state index is -2.85. The third-order valence-corrected chi connectivity index (χ3v) is 3.75. The number of amides is 1. The van der Waals surface area contributed by atoms with Gasteiger partial charge in [0, 0.05) is 19.8 Å². The second-order valence-electron chi connectivity index (χ2n) is 5.48. The Bertz CT molecular complexity index is 703. The molecule has 1 saturated heterocycles. The number of carbonyl (C=O) groups is 1. The van der Waals surface area contributed by atoms with E-state index in [0.717, 1.165) is 5.56 Å². The molecule has 0 saturated carbocycles. The molecule has 3 rings (SSSR count). The van der Waals surface area contributed by atoms with E-state index in [1.165, 1.54) is 12.1 Å². The molecule has 0 aliphatic carbocycles. The summed E-state index contributed by atoms with van der Waals surface area (Å²) in [5.74, 6) is -0.0625. The van der Waals surface area contributed by atoms with Crippen LogP contribution in [0.15, 0.2) is 36.8 Å². The van der Waals surface area contributed by atoms with Crippen molar-refractivity contribution in [2.75, 3.05) is 19.7 Å². The van der Waals surface area contributed by atoms with Gasteiger partial charge in [0.05, 0.1) is 19.5 Å². The van der Waals surface area contributed by atoms with Gasteiger partial charge in [-0.05, 0) is 17.7 Å². The molecule has 0 N–H and O–H groups in total. The lowest BCUT2D eigenvalue weighted by Crippen LogP contribution is -2.42. The van der Waals surface area contributed by atoms with Crippen molar-refractivity contribution in [2.45, 2.75) is 12.7 Å². The maximum Gasteiger partial charge on any atom is 0.387 e. The van der Waals surface area contributed by atoms with E-state index in [1.54, 1.807) is 41.2 Å². The lowest BCUT2D eigenvalue weighted by Gasteiger charge is -2.32. The second-order valence-corrected chi connectivity index (χ2v) is 5.48. The Balaban J connectivity index is 1.68. The van der Waals surface area contributed by atoms with Crippen LogP contribution in [0.5, 0.6) is 5.75 Å². The quantitative estimate of drug-likeness (QED) is 0.859. The van der Waals surface area contributed by atoms with Gasteiger partial charge in [-0.2, -0.15) is 8.78 Å². The van der Waals surface area contributed by atoms with E-state index in [4.69, 9.17) is 4.74 Å². The molecular weight excluding hydrogens is 320 g/mol. The normalized spacial score (nSPS) is 18.0. The van der Waals surface area contributed by atoms with Gasteiger partial charge in [0.15, 0.2) is 0 Å². The summed E-state index contributed by atoms with van der Waals surface area (Å²) in [7, 11) is 1.80. The van der Waals surface area contributed by atoms with Gasteiger partial charge in [-0.3, -0.25) is 4.79 Å². The smallest absolute Gasteiger partial charge is 0.387 e. The molecule has 1 aromatic carbocycles. The van der Waals surface area contributed by atoms with E-state index in [1.807, 2.05) is 0 Å². The van der Waals surface area contributed by atoms with Crippen molar-refractivity contribution < 1.29 is 23.0 Å². The maximum atomic E-state index is 12.5. The van der Waals surface area contributed by atoms with E-state index in [-0.39, 0.29) is 17.8 Å². The number of aromatic nitrogens is 2. The Morgan fingerprint density at radius 3 is 2.75 bits per heavy atom. The maximum absolute atomic E-state index is 12.5. The number of ether oxygens (including phenoxy) is 2. The van der Waals surface area contributed by atoms with Crippen LogP contribution in [0.25, 0.3) is 0 Å². The summed E-state index contributed by atoms with van der Waals surface area (Å²) in [6.07, 6.45) is 2.93. The molecule has 0 spiro atoms. The Morgan fingerprint density at radius 1 is 1.38 bits per heavy atom. The van der Waals surface area contributed by atoms with Gasteiger partial charge in [0.2, 0.25) is 0 Å². The van der Waals surface area contributed by atoms with Crippen LogP contribution in [0.2, 0.25) is 0 Å². The summed E-state index contributed by atoms with van der Waals surface area (Å²) < 4.78 is 36.1. The number of carbonyl (C=O) groups excluding carboxylic acids is 1. The highest BCUT2D eigenvalue weighted by Crippen LogP contribution is 2.25. The van der Waals surface area contributed by atoms with Gasteiger partial charge in [-0.25, -0.2) is 4.98 Å². The zero-order valence-corrected chi connectivity index (χ0v) is 13.1. The molecule has 0 radical (unpaired) electrons. The van der Waals surface area contributed by atoms with Crippen LogP contribution < -0.4 is 4.74 Å². The standard InChI is InChI=1S/C16H17F2N3O3/c1-20-8-13(19-10-20)15(22)21-6-7-23-14(9-21)11-2-4-12(5-3-11)24-16(17)18/h2-5,8,10,14,16H,6-7,9H2,1H3. The summed E-state index contributed by atoms with van der Waals surface area (Å²) in [5, 5.41) is 0. The van der Waals surface area contributed by atoms with Crippen LogP contribution in [0.1, 0.15) is 22.2 Å². The predicted octanol–water partition coefficient (Wildman–Crippen LogP) is 2.24. The average molecular weight is 337 g/mol. The van der Waals surface area contributed by atoms with E-state index < -0.39 is 6.61 Å². The number of benzene rings is 1. The third kappa shape index (κ3) is 3.70. The van der Waals surface area contributed by atoms with Crippen molar-refractivity contribution >= 4 is 5.91 Å². The van der Waals surface area contributed by atoms with E-state index in [0.29, 0.717) is 25.4 Å². The van der Waals surface area contributed by atoms with Crippen LogP contribution in [-0.4, -0.2) is 46.7 Å². The molecule has 1 amide bonds. The molecule has 24 heavy (non-hydrogen) atoms. The summed E-state index contributed by atoms with van der Waals surface area (Å²) in [6.45, 7) is -1.59. The van der Waals surface area contributed by atoms with E-state index >= 15 is 0 Å². The summed E-state index contributed by atoms with van der Waals surface area (Å²) in [5.41, 5.74) is 1.19. The molecule has 8 heteroatoms. The minimum Gasteiger partial charge on any atom is -0.435 e. The fourth-order valence-electron chi connectivity index (χ4n) is 2.58. The molecule has 1 aliphatic heterocycles.